The van der Waals surface area contributed by atoms with Gasteiger partial charge in [-0.2, -0.15) is 4.98 Å². The fraction of sp³-hybridized carbons (Fsp3) is 0.348. The molecule has 1 aromatic heterocycles. The summed E-state index contributed by atoms with van der Waals surface area (Å²) >= 11 is 0. The predicted molar refractivity (Wildman–Crippen MR) is 117 cm³/mol. The van der Waals surface area contributed by atoms with Crippen LogP contribution in [0.25, 0.3) is 17.1 Å². The molecule has 1 N–H and O–H groups in total. The van der Waals surface area contributed by atoms with Crippen molar-refractivity contribution in [1.82, 2.24) is 14.8 Å². The van der Waals surface area contributed by atoms with Crippen molar-refractivity contribution in [2.24, 2.45) is 11.8 Å². The Balaban J connectivity index is 1.94. The van der Waals surface area contributed by atoms with Crippen LogP contribution in [0.3, 0.4) is 0 Å². The van der Waals surface area contributed by atoms with Crippen LogP contribution in [0.2, 0.25) is 0 Å². The Morgan fingerprint density at radius 3 is 2.27 bits per heavy atom. The first kappa shape index (κ1) is 21.4. The van der Waals surface area contributed by atoms with E-state index in [1.165, 1.54) is 0 Å². The molecule has 0 saturated heterocycles. The van der Waals surface area contributed by atoms with Gasteiger partial charge in [-0.25, -0.2) is 4.68 Å². The molecular weight excluding hydrogens is 380 g/mol. The molecular formula is C23H28N4O3. The van der Waals surface area contributed by atoms with Crippen molar-refractivity contribution in [2.45, 2.75) is 27.7 Å². The summed E-state index contributed by atoms with van der Waals surface area (Å²) in [7, 11) is 1.63. The van der Waals surface area contributed by atoms with E-state index in [0.29, 0.717) is 24.4 Å². The highest BCUT2D eigenvalue weighted by Gasteiger charge is 2.16. The molecule has 3 aromatic rings. The molecule has 1 heterocycles. The average Bonchev–Trinajstić information content (AvgIpc) is 3.17. The third kappa shape index (κ3) is 5.17. The molecule has 0 fully saturated rings. The highest BCUT2D eigenvalue weighted by molar-refractivity contribution is 5.92. The summed E-state index contributed by atoms with van der Waals surface area (Å²) in [5, 5.41) is 7.45. The topological polar surface area (TPSA) is 78.3 Å². The zero-order valence-corrected chi connectivity index (χ0v) is 18.0. The molecule has 0 radical (unpaired) electrons. The van der Waals surface area contributed by atoms with Crippen LogP contribution in [-0.2, 0) is 4.79 Å². The Kier molecular flexibility index (Phi) is 6.72. The van der Waals surface area contributed by atoms with E-state index in [-0.39, 0.29) is 11.8 Å². The lowest BCUT2D eigenvalue weighted by atomic mass is 10.2. The zero-order chi connectivity index (χ0) is 21.7. The second-order valence-electron chi connectivity index (χ2n) is 7.75. The van der Waals surface area contributed by atoms with E-state index in [0.717, 1.165) is 22.7 Å². The minimum atomic E-state index is -0.0812. The molecule has 3 rings (SSSR count). The lowest BCUT2D eigenvalue weighted by Crippen LogP contribution is -2.17. The first-order valence-corrected chi connectivity index (χ1v) is 10.0. The van der Waals surface area contributed by atoms with Gasteiger partial charge in [-0.05, 0) is 54.4 Å². The molecule has 7 nitrogen and oxygen atoms in total. The largest absolute Gasteiger partial charge is 0.497 e. The van der Waals surface area contributed by atoms with E-state index < -0.39 is 0 Å². The first-order valence-electron chi connectivity index (χ1n) is 10.0. The Morgan fingerprint density at radius 2 is 1.70 bits per heavy atom. The Hall–Kier alpha value is -3.35. The summed E-state index contributed by atoms with van der Waals surface area (Å²) in [6.07, 6.45) is 0. The Bertz CT molecular complexity index is 977. The molecule has 0 saturated carbocycles. The molecule has 0 atom stereocenters. The van der Waals surface area contributed by atoms with Gasteiger partial charge in [0.05, 0.1) is 19.4 Å². The van der Waals surface area contributed by atoms with Crippen molar-refractivity contribution in [3.05, 3.63) is 48.5 Å². The molecule has 0 aliphatic rings. The van der Waals surface area contributed by atoms with E-state index in [4.69, 9.17) is 9.47 Å². The molecule has 0 spiro atoms. The van der Waals surface area contributed by atoms with Crippen molar-refractivity contribution >= 4 is 11.6 Å². The first-order chi connectivity index (χ1) is 14.4. The van der Waals surface area contributed by atoms with Gasteiger partial charge >= 0.3 is 6.01 Å². The Morgan fingerprint density at radius 1 is 1.03 bits per heavy atom. The van der Waals surface area contributed by atoms with Crippen LogP contribution in [-0.4, -0.2) is 34.4 Å². The van der Waals surface area contributed by atoms with Gasteiger partial charge in [0.2, 0.25) is 5.91 Å². The van der Waals surface area contributed by atoms with E-state index in [1.807, 2.05) is 62.4 Å². The van der Waals surface area contributed by atoms with Crippen LogP contribution in [0.4, 0.5) is 5.69 Å². The van der Waals surface area contributed by atoms with E-state index >= 15 is 0 Å². The summed E-state index contributed by atoms with van der Waals surface area (Å²) in [4.78, 5) is 16.5. The summed E-state index contributed by atoms with van der Waals surface area (Å²) in [6, 6.07) is 15.4. The van der Waals surface area contributed by atoms with Crippen LogP contribution in [0.5, 0.6) is 11.8 Å². The standard InChI is InChI=1S/C23H28N4O3/c1-15(2)14-30-23-25-21(17-6-12-20(29-5)13-7-17)27(26-23)19-10-8-18(9-11-19)24-22(28)16(3)4/h6-13,15-16H,14H2,1-5H3,(H,24,28). The monoisotopic (exact) mass is 408 g/mol. The summed E-state index contributed by atoms with van der Waals surface area (Å²) in [5.41, 5.74) is 2.44. The lowest BCUT2D eigenvalue weighted by molar-refractivity contribution is -0.118. The van der Waals surface area contributed by atoms with Crippen LogP contribution in [0.1, 0.15) is 27.7 Å². The number of anilines is 1. The van der Waals surface area contributed by atoms with Gasteiger partial charge in [0.15, 0.2) is 5.82 Å². The van der Waals surface area contributed by atoms with Crippen molar-refractivity contribution in [2.75, 3.05) is 19.0 Å². The lowest BCUT2D eigenvalue weighted by Gasteiger charge is -2.10. The van der Waals surface area contributed by atoms with Crippen molar-refractivity contribution in [1.29, 1.82) is 0 Å². The van der Waals surface area contributed by atoms with Crippen LogP contribution in [0, 0.1) is 11.8 Å². The van der Waals surface area contributed by atoms with Crippen molar-refractivity contribution in [3.8, 4) is 28.8 Å². The highest BCUT2D eigenvalue weighted by Crippen LogP contribution is 2.26. The smallest absolute Gasteiger partial charge is 0.336 e. The van der Waals surface area contributed by atoms with Gasteiger partial charge in [-0.1, -0.05) is 27.7 Å². The van der Waals surface area contributed by atoms with Crippen molar-refractivity contribution < 1.29 is 14.3 Å². The maximum atomic E-state index is 11.9. The molecule has 1 amide bonds. The van der Waals surface area contributed by atoms with Gasteiger partial charge in [0, 0.05) is 17.2 Å². The number of benzene rings is 2. The van der Waals surface area contributed by atoms with Gasteiger partial charge in [0.25, 0.3) is 0 Å². The fourth-order valence-corrected chi connectivity index (χ4v) is 2.68. The number of hydrogen-bond acceptors (Lipinski definition) is 5. The predicted octanol–water partition coefficient (Wildman–Crippen LogP) is 4.57. The summed E-state index contributed by atoms with van der Waals surface area (Å²) in [5.74, 6) is 1.70. The molecule has 0 unspecified atom stereocenters. The van der Waals surface area contributed by atoms with Crippen LogP contribution < -0.4 is 14.8 Å². The zero-order valence-electron chi connectivity index (χ0n) is 18.0. The Labute approximate surface area is 177 Å². The van der Waals surface area contributed by atoms with Gasteiger partial charge in [0.1, 0.15) is 5.75 Å². The molecule has 2 aromatic carbocycles. The number of nitrogens with zero attached hydrogens (tertiary/aromatic N) is 3. The quantitative estimate of drug-likeness (QED) is 0.591. The minimum Gasteiger partial charge on any atom is -0.497 e. The molecule has 0 bridgehead atoms. The second-order valence-corrected chi connectivity index (χ2v) is 7.75. The van der Waals surface area contributed by atoms with E-state index in [9.17, 15) is 4.79 Å². The van der Waals surface area contributed by atoms with Gasteiger partial charge in [-0.15, -0.1) is 5.10 Å². The third-order valence-electron chi connectivity index (χ3n) is 4.39. The molecule has 30 heavy (non-hydrogen) atoms. The van der Waals surface area contributed by atoms with Gasteiger partial charge < -0.3 is 14.8 Å². The fourth-order valence-electron chi connectivity index (χ4n) is 2.68. The van der Waals surface area contributed by atoms with E-state index in [2.05, 4.69) is 29.2 Å². The van der Waals surface area contributed by atoms with E-state index in [1.54, 1.807) is 11.8 Å². The van der Waals surface area contributed by atoms with Gasteiger partial charge in [-0.3, -0.25) is 4.79 Å². The molecule has 0 aliphatic heterocycles. The maximum Gasteiger partial charge on any atom is 0.336 e. The second kappa shape index (κ2) is 9.43. The number of carbonyl (C=O) groups excluding carboxylic acids is 1. The van der Waals surface area contributed by atoms with Crippen molar-refractivity contribution in [3.63, 3.8) is 0 Å². The van der Waals surface area contributed by atoms with Crippen LogP contribution in [0.15, 0.2) is 48.5 Å². The molecule has 0 aliphatic carbocycles. The molecule has 7 heteroatoms. The number of nitrogens with one attached hydrogen (secondary N) is 1. The minimum absolute atomic E-state index is 0.0215. The number of amides is 1. The summed E-state index contributed by atoms with van der Waals surface area (Å²) in [6.45, 7) is 8.40. The SMILES string of the molecule is COc1ccc(-c2nc(OCC(C)C)nn2-c2ccc(NC(=O)C(C)C)cc2)cc1. The van der Waals surface area contributed by atoms with Crippen LogP contribution >= 0.6 is 0 Å². The third-order valence-corrected chi connectivity index (χ3v) is 4.39. The number of rotatable bonds is 8. The summed E-state index contributed by atoms with van der Waals surface area (Å²) < 4.78 is 12.7. The maximum absolute atomic E-state index is 11.9. The number of aromatic nitrogens is 3. The average molecular weight is 409 g/mol. The molecule has 158 valence electrons. The normalized spacial score (nSPS) is 11.0. The number of carbonyl (C=O) groups is 1. The number of ether oxygens (including phenoxy) is 2. The number of hydrogen-bond donors (Lipinski definition) is 1. The highest BCUT2D eigenvalue weighted by atomic mass is 16.5. The number of methoxy groups -OCH3 is 1.